The number of nitrogens with one attached hydrogen (secondary N) is 1. The molecule has 1 N–H and O–H groups in total. The first kappa shape index (κ1) is 20.9. The van der Waals surface area contributed by atoms with Gasteiger partial charge in [-0.3, -0.25) is 4.79 Å². The number of rotatable bonds is 4. The van der Waals surface area contributed by atoms with Crippen LogP contribution in [0.3, 0.4) is 0 Å². The van der Waals surface area contributed by atoms with Gasteiger partial charge in [-0.1, -0.05) is 24.3 Å². The van der Waals surface area contributed by atoms with E-state index in [1.165, 1.54) is 10.4 Å². The van der Waals surface area contributed by atoms with Crippen LogP contribution in [0.15, 0.2) is 47.4 Å². The van der Waals surface area contributed by atoms with Gasteiger partial charge in [-0.05, 0) is 57.4 Å². The van der Waals surface area contributed by atoms with Crippen LogP contribution in [-0.2, 0) is 10.0 Å². The average molecular weight is 429 g/mol. The second-order valence-corrected chi connectivity index (χ2v) is 10.7. The monoisotopic (exact) mass is 428 g/mol. The molecule has 7 heteroatoms. The second-order valence-electron chi connectivity index (χ2n) is 8.72. The molecule has 0 saturated carbocycles. The third-order valence-corrected chi connectivity index (χ3v) is 7.73. The zero-order valence-corrected chi connectivity index (χ0v) is 18.5. The Labute approximate surface area is 178 Å². The van der Waals surface area contributed by atoms with E-state index >= 15 is 0 Å². The summed E-state index contributed by atoms with van der Waals surface area (Å²) in [4.78, 5) is 13.4. The van der Waals surface area contributed by atoms with Gasteiger partial charge in [0.15, 0.2) is 0 Å². The maximum absolute atomic E-state index is 13.2. The first-order valence-electron chi connectivity index (χ1n) is 10.4. The van der Waals surface area contributed by atoms with E-state index in [2.05, 4.69) is 5.32 Å². The maximum Gasteiger partial charge on any atom is 0.252 e. The molecular formula is C23H28N2O4S. The third-order valence-electron chi connectivity index (χ3n) is 5.84. The fourth-order valence-electron chi connectivity index (χ4n) is 4.25. The molecule has 2 aliphatic heterocycles. The Morgan fingerprint density at radius 1 is 1.13 bits per heavy atom. The lowest BCUT2D eigenvalue weighted by Crippen LogP contribution is -2.41. The van der Waals surface area contributed by atoms with Crippen molar-refractivity contribution < 1.29 is 17.9 Å². The third kappa shape index (κ3) is 3.96. The second kappa shape index (κ2) is 7.71. The van der Waals surface area contributed by atoms with E-state index in [4.69, 9.17) is 4.74 Å². The summed E-state index contributed by atoms with van der Waals surface area (Å²) in [6, 6.07) is 12.3. The number of amides is 1. The van der Waals surface area contributed by atoms with E-state index in [1.54, 1.807) is 12.1 Å². The predicted molar refractivity (Wildman–Crippen MR) is 115 cm³/mol. The van der Waals surface area contributed by atoms with Gasteiger partial charge in [0, 0.05) is 30.6 Å². The van der Waals surface area contributed by atoms with E-state index in [0.29, 0.717) is 25.1 Å². The molecule has 2 aromatic carbocycles. The van der Waals surface area contributed by atoms with E-state index in [0.717, 1.165) is 29.7 Å². The zero-order chi connectivity index (χ0) is 21.5. The molecular weight excluding hydrogens is 400 g/mol. The number of nitrogens with zero attached hydrogens (tertiary/aromatic N) is 1. The molecule has 0 bridgehead atoms. The smallest absolute Gasteiger partial charge is 0.252 e. The standard InChI is InChI=1S/C23H28N2O4S/c1-16-10-11-17(30(27,28)25-12-6-7-13-25)14-19(16)22(26)24-20-15-23(2,3)29-21-9-5-4-8-18(20)21/h4-5,8-11,14,20H,6-7,12-13,15H2,1-3H3,(H,24,26). The van der Waals surface area contributed by atoms with Crippen LogP contribution in [0.5, 0.6) is 5.75 Å². The van der Waals surface area contributed by atoms with Crippen molar-refractivity contribution in [3.05, 3.63) is 59.2 Å². The highest BCUT2D eigenvalue weighted by Crippen LogP contribution is 2.39. The van der Waals surface area contributed by atoms with E-state index in [-0.39, 0.29) is 16.8 Å². The van der Waals surface area contributed by atoms with Crippen molar-refractivity contribution in [1.82, 2.24) is 9.62 Å². The quantitative estimate of drug-likeness (QED) is 0.803. The molecule has 6 nitrogen and oxygen atoms in total. The molecule has 1 amide bonds. The van der Waals surface area contributed by atoms with Gasteiger partial charge in [0.2, 0.25) is 10.0 Å². The van der Waals surface area contributed by atoms with E-state index < -0.39 is 15.6 Å². The summed E-state index contributed by atoms with van der Waals surface area (Å²) < 4.78 is 33.4. The molecule has 2 heterocycles. The number of carbonyl (C=O) groups excluding carboxylic acids is 1. The lowest BCUT2D eigenvalue weighted by Gasteiger charge is -2.38. The van der Waals surface area contributed by atoms with Gasteiger partial charge in [-0.15, -0.1) is 0 Å². The summed E-state index contributed by atoms with van der Waals surface area (Å²) in [6.45, 7) is 6.88. The van der Waals surface area contributed by atoms with Crippen molar-refractivity contribution >= 4 is 15.9 Å². The first-order chi connectivity index (χ1) is 14.2. The molecule has 0 aromatic heterocycles. The predicted octanol–water partition coefficient (Wildman–Crippen LogP) is 3.81. The van der Waals surface area contributed by atoms with E-state index in [9.17, 15) is 13.2 Å². The molecule has 1 fully saturated rings. The van der Waals surface area contributed by atoms with Crippen LogP contribution in [0.25, 0.3) is 0 Å². The average Bonchev–Trinajstić information content (AvgIpc) is 3.23. The van der Waals surface area contributed by atoms with Crippen LogP contribution >= 0.6 is 0 Å². The number of ether oxygens (including phenoxy) is 1. The molecule has 0 spiro atoms. The van der Waals surface area contributed by atoms with Crippen molar-refractivity contribution in [2.45, 2.75) is 56.6 Å². The minimum atomic E-state index is -3.58. The number of aryl methyl sites for hydroxylation is 1. The fourth-order valence-corrected chi connectivity index (χ4v) is 5.79. The highest BCUT2D eigenvalue weighted by Gasteiger charge is 2.35. The van der Waals surface area contributed by atoms with Crippen molar-refractivity contribution in [3.8, 4) is 5.75 Å². The molecule has 1 unspecified atom stereocenters. The van der Waals surface area contributed by atoms with Crippen LogP contribution in [0, 0.1) is 6.92 Å². The minimum Gasteiger partial charge on any atom is -0.487 e. The molecule has 4 rings (SSSR count). The van der Waals surface area contributed by atoms with Crippen molar-refractivity contribution in [1.29, 1.82) is 0 Å². The van der Waals surface area contributed by atoms with Crippen LogP contribution in [0.1, 0.15) is 60.6 Å². The molecule has 1 saturated heterocycles. The molecule has 160 valence electrons. The summed E-state index contributed by atoms with van der Waals surface area (Å²) in [7, 11) is -3.58. The number of para-hydroxylation sites is 1. The zero-order valence-electron chi connectivity index (χ0n) is 17.6. The number of benzene rings is 2. The fraction of sp³-hybridized carbons (Fsp3) is 0.435. The highest BCUT2D eigenvalue weighted by atomic mass is 32.2. The van der Waals surface area contributed by atoms with Gasteiger partial charge < -0.3 is 10.1 Å². The molecule has 0 aliphatic carbocycles. The van der Waals surface area contributed by atoms with Crippen LogP contribution < -0.4 is 10.1 Å². The number of hydrogen-bond donors (Lipinski definition) is 1. The van der Waals surface area contributed by atoms with E-state index in [1.807, 2.05) is 45.0 Å². The Kier molecular flexibility index (Phi) is 5.36. The van der Waals surface area contributed by atoms with Crippen LogP contribution in [0.2, 0.25) is 0 Å². The Morgan fingerprint density at radius 2 is 1.83 bits per heavy atom. The number of carbonyl (C=O) groups is 1. The number of hydrogen-bond acceptors (Lipinski definition) is 4. The normalized spacial score (nSPS) is 21.0. The Morgan fingerprint density at radius 3 is 2.57 bits per heavy atom. The van der Waals surface area contributed by atoms with Gasteiger partial charge in [-0.2, -0.15) is 4.31 Å². The largest absolute Gasteiger partial charge is 0.487 e. The molecule has 30 heavy (non-hydrogen) atoms. The van der Waals surface area contributed by atoms with Crippen molar-refractivity contribution in [2.24, 2.45) is 0 Å². The summed E-state index contributed by atoms with van der Waals surface area (Å²) in [5, 5.41) is 3.11. The Hall–Kier alpha value is -2.38. The lowest BCUT2D eigenvalue weighted by atomic mass is 9.89. The van der Waals surface area contributed by atoms with Crippen molar-refractivity contribution in [3.63, 3.8) is 0 Å². The molecule has 0 radical (unpaired) electrons. The summed E-state index contributed by atoms with van der Waals surface area (Å²) in [6.07, 6.45) is 2.37. The molecule has 2 aromatic rings. The van der Waals surface area contributed by atoms with Crippen LogP contribution in [-0.4, -0.2) is 37.3 Å². The SMILES string of the molecule is Cc1ccc(S(=O)(=O)N2CCCC2)cc1C(=O)NC1CC(C)(C)Oc2ccccc21. The Balaban J connectivity index is 1.63. The van der Waals surface area contributed by atoms with Gasteiger partial charge in [0.1, 0.15) is 11.4 Å². The van der Waals surface area contributed by atoms with Crippen LogP contribution in [0.4, 0.5) is 0 Å². The Bertz CT molecular complexity index is 1070. The molecule has 1 atom stereocenters. The topological polar surface area (TPSA) is 75.7 Å². The first-order valence-corrected chi connectivity index (χ1v) is 11.8. The van der Waals surface area contributed by atoms with Gasteiger partial charge in [0.05, 0.1) is 10.9 Å². The molecule has 2 aliphatic rings. The highest BCUT2D eigenvalue weighted by molar-refractivity contribution is 7.89. The van der Waals surface area contributed by atoms with Gasteiger partial charge in [-0.25, -0.2) is 8.42 Å². The number of sulfonamides is 1. The van der Waals surface area contributed by atoms with Gasteiger partial charge >= 0.3 is 0 Å². The summed E-state index contributed by atoms with van der Waals surface area (Å²) in [5.41, 5.74) is 1.65. The maximum atomic E-state index is 13.2. The lowest BCUT2D eigenvalue weighted by molar-refractivity contribution is 0.0619. The number of fused-ring (bicyclic) bond motifs is 1. The minimum absolute atomic E-state index is 0.174. The summed E-state index contributed by atoms with van der Waals surface area (Å²) >= 11 is 0. The van der Waals surface area contributed by atoms with Crippen molar-refractivity contribution in [2.75, 3.05) is 13.1 Å². The van der Waals surface area contributed by atoms with Gasteiger partial charge in [0.25, 0.3) is 5.91 Å². The summed E-state index contributed by atoms with van der Waals surface area (Å²) in [5.74, 6) is 0.490.